The Kier molecular flexibility index (Phi) is 4.48. The van der Waals surface area contributed by atoms with E-state index in [-0.39, 0.29) is 0 Å². The van der Waals surface area contributed by atoms with Crippen molar-refractivity contribution in [3.8, 4) is 28.2 Å². The maximum Gasteiger partial charge on any atom is 0.295 e. The molecule has 5 rings (SSSR count). The number of imidazole rings is 1. The monoisotopic (exact) mass is 389 g/mol. The average molecular weight is 390 g/mol. The van der Waals surface area contributed by atoms with Crippen molar-refractivity contribution in [1.29, 1.82) is 0 Å². The third kappa shape index (κ3) is 3.02. The van der Waals surface area contributed by atoms with Crippen LogP contribution in [0.4, 0.5) is 0 Å². The molecule has 146 valence electrons. The summed E-state index contributed by atoms with van der Waals surface area (Å²) in [4.78, 5) is 0. The van der Waals surface area contributed by atoms with Crippen LogP contribution in [0.1, 0.15) is 11.1 Å². The second kappa shape index (κ2) is 7.31. The Labute approximate surface area is 177 Å². The van der Waals surface area contributed by atoms with Crippen molar-refractivity contribution in [1.82, 2.24) is 4.57 Å². The summed E-state index contributed by atoms with van der Waals surface area (Å²) in [6.07, 6.45) is 0. The largest absolute Gasteiger partial charge is 0.295 e. The first kappa shape index (κ1) is 18.4. The van der Waals surface area contributed by atoms with Gasteiger partial charge in [0.2, 0.25) is 0 Å². The van der Waals surface area contributed by atoms with Gasteiger partial charge in [0.1, 0.15) is 5.69 Å². The molecule has 2 nitrogen and oxygen atoms in total. The summed E-state index contributed by atoms with van der Waals surface area (Å²) >= 11 is 0. The lowest BCUT2D eigenvalue weighted by Crippen LogP contribution is -2.30. The number of hydrogen-bond acceptors (Lipinski definition) is 0. The first-order chi connectivity index (χ1) is 14.6. The molecule has 0 N–H and O–H groups in total. The lowest BCUT2D eigenvalue weighted by atomic mass is 10.1. The van der Waals surface area contributed by atoms with E-state index in [1.54, 1.807) is 0 Å². The number of fused-ring (bicyclic) bond motifs is 1. The van der Waals surface area contributed by atoms with Crippen LogP contribution in [-0.4, -0.2) is 4.57 Å². The first-order valence-electron chi connectivity index (χ1n) is 10.4. The normalized spacial score (nSPS) is 11.2. The van der Waals surface area contributed by atoms with E-state index in [0.29, 0.717) is 0 Å². The van der Waals surface area contributed by atoms with Crippen LogP contribution in [0.3, 0.4) is 0 Å². The van der Waals surface area contributed by atoms with Crippen LogP contribution in [-0.2, 0) is 7.05 Å². The summed E-state index contributed by atoms with van der Waals surface area (Å²) in [5, 5.41) is 0. The van der Waals surface area contributed by atoms with Gasteiger partial charge in [0.25, 0.3) is 5.82 Å². The van der Waals surface area contributed by atoms with Gasteiger partial charge < -0.3 is 0 Å². The van der Waals surface area contributed by atoms with E-state index in [1.807, 2.05) is 0 Å². The van der Waals surface area contributed by atoms with Crippen LogP contribution in [0.5, 0.6) is 0 Å². The van der Waals surface area contributed by atoms with Crippen molar-refractivity contribution in [3.63, 3.8) is 0 Å². The maximum absolute atomic E-state index is 2.39. The molecule has 2 heteroatoms. The highest BCUT2D eigenvalue weighted by molar-refractivity contribution is 5.80. The highest BCUT2D eigenvalue weighted by atomic mass is 15.2. The minimum Gasteiger partial charge on any atom is -0.225 e. The Hall–Kier alpha value is -3.65. The Morgan fingerprint density at radius 3 is 2.07 bits per heavy atom. The van der Waals surface area contributed by atoms with Crippen molar-refractivity contribution in [2.45, 2.75) is 13.8 Å². The Morgan fingerprint density at radius 1 is 0.667 bits per heavy atom. The summed E-state index contributed by atoms with van der Waals surface area (Å²) in [5.41, 5.74) is 9.88. The van der Waals surface area contributed by atoms with E-state index in [4.69, 9.17) is 0 Å². The molecular formula is C28H25N2+. The topological polar surface area (TPSA) is 8.81 Å². The molecular weight excluding hydrogens is 364 g/mol. The van der Waals surface area contributed by atoms with Gasteiger partial charge in [0.15, 0.2) is 11.0 Å². The minimum atomic E-state index is 1.17. The van der Waals surface area contributed by atoms with Crippen LogP contribution in [0.25, 0.3) is 39.2 Å². The zero-order valence-electron chi connectivity index (χ0n) is 17.6. The van der Waals surface area contributed by atoms with Crippen LogP contribution < -0.4 is 4.57 Å². The Balaban J connectivity index is 1.77. The molecule has 0 aliphatic rings. The third-order valence-electron chi connectivity index (χ3n) is 5.88. The zero-order chi connectivity index (χ0) is 20.7. The summed E-state index contributed by atoms with van der Waals surface area (Å²) in [6.45, 7) is 4.34. The molecule has 0 bridgehead atoms. The second-order valence-electron chi connectivity index (χ2n) is 7.94. The highest BCUT2D eigenvalue weighted by Crippen LogP contribution is 2.30. The molecule has 1 aromatic heterocycles. The van der Waals surface area contributed by atoms with Crippen LogP contribution in [0.15, 0.2) is 97.1 Å². The van der Waals surface area contributed by atoms with Gasteiger partial charge in [-0.2, -0.15) is 4.57 Å². The fourth-order valence-corrected chi connectivity index (χ4v) is 4.29. The first-order valence-corrected chi connectivity index (χ1v) is 10.4. The van der Waals surface area contributed by atoms with Gasteiger partial charge in [0, 0.05) is 0 Å². The van der Waals surface area contributed by atoms with Crippen LogP contribution >= 0.6 is 0 Å². The molecule has 0 aliphatic heterocycles. The van der Waals surface area contributed by atoms with E-state index in [2.05, 4.69) is 127 Å². The number of aryl methyl sites for hydroxylation is 3. The molecule has 0 atom stereocenters. The van der Waals surface area contributed by atoms with Gasteiger partial charge in [-0.05, 0) is 66.4 Å². The average Bonchev–Trinajstić information content (AvgIpc) is 3.06. The van der Waals surface area contributed by atoms with Crippen molar-refractivity contribution in [3.05, 3.63) is 108 Å². The Morgan fingerprint density at radius 2 is 1.33 bits per heavy atom. The summed E-state index contributed by atoms with van der Waals surface area (Å²) in [5.74, 6) is 1.20. The molecule has 0 saturated heterocycles. The zero-order valence-corrected chi connectivity index (χ0v) is 17.6. The lowest BCUT2D eigenvalue weighted by molar-refractivity contribution is -0.633. The van der Waals surface area contributed by atoms with E-state index < -0.39 is 0 Å². The minimum absolute atomic E-state index is 1.17. The molecule has 30 heavy (non-hydrogen) atoms. The van der Waals surface area contributed by atoms with E-state index >= 15 is 0 Å². The van der Waals surface area contributed by atoms with Crippen LogP contribution in [0.2, 0.25) is 0 Å². The molecule has 0 amide bonds. The SMILES string of the molecule is Cc1ccc2c(c1)n(-c1ccc(-c3ccccc3)cc1)c(-c1ccccc1C)[n+]2C. The van der Waals surface area contributed by atoms with Gasteiger partial charge in [-0.1, -0.05) is 66.7 Å². The number of benzene rings is 4. The highest BCUT2D eigenvalue weighted by Gasteiger charge is 2.26. The molecule has 1 heterocycles. The van der Waals surface area contributed by atoms with E-state index in [1.165, 1.54) is 50.4 Å². The molecule has 0 aliphatic carbocycles. The molecule has 0 fully saturated rings. The number of rotatable bonds is 3. The van der Waals surface area contributed by atoms with Crippen molar-refractivity contribution in [2.75, 3.05) is 0 Å². The molecule has 0 unspecified atom stereocenters. The summed E-state index contributed by atoms with van der Waals surface area (Å²) in [7, 11) is 2.16. The number of aromatic nitrogens is 2. The number of nitrogens with zero attached hydrogens (tertiary/aromatic N) is 2. The lowest BCUT2D eigenvalue weighted by Gasteiger charge is -2.07. The van der Waals surface area contributed by atoms with Gasteiger partial charge in [-0.25, -0.2) is 4.57 Å². The maximum atomic E-state index is 2.39. The smallest absolute Gasteiger partial charge is 0.225 e. The van der Waals surface area contributed by atoms with E-state index in [0.717, 1.165) is 0 Å². The standard InChI is InChI=1S/C28H25N2/c1-20-13-18-26-27(19-20)30(28(29(26)3)25-12-8-7-9-21(25)2)24-16-14-23(15-17-24)22-10-5-4-6-11-22/h4-19H,1-3H3/q+1. The molecule has 5 aromatic rings. The summed E-state index contributed by atoms with van der Waals surface area (Å²) in [6, 6.07) is 34.7. The van der Waals surface area contributed by atoms with Gasteiger partial charge in [-0.3, -0.25) is 0 Å². The van der Waals surface area contributed by atoms with Crippen molar-refractivity contribution >= 4 is 11.0 Å². The summed E-state index contributed by atoms with van der Waals surface area (Å²) < 4.78 is 4.70. The molecule has 4 aromatic carbocycles. The quantitative estimate of drug-likeness (QED) is 0.315. The predicted octanol–water partition coefficient (Wildman–Crippen LogP) is 6.41. The van der Waals surface area contributed by atoms with E-state index in [9.17, 15) is 0 Å². The number of hydrogen-bond donors (Lipinski definition) is 0. The molecule has 0 spiro atoms. The molecule has 0 radical (unpaired) electrons. The van der Waals surface area contributed by atoms with Crippen molar-refractivity contribution in [2.24, 2.45) is 7.05 Å². The van der Waals surface area contributed by atoms with Crippen molar-refractivity contribution < 1.29 is 4.57 Å². The third-order valence-corrected chi connectivity index (χ3v) is 5.88. The Bertz CT molecular complexity index is 1340. The fourth-order valence-electron chi connectivity index (χ4n) is 4.29. The van der Waals surface area contributed by atoms with Gasteiger partial charge in [0.05, 0.1) is 12.6 Å². The predicted molar refractivity (Wildman–Crippen MR) is 125 cm³/mol. The van der Waals surface area contributed by atoms with Gasteiger partial charge >= 0.3 is 0 Å². The second-order valence-corrected chi connectivity index (χ2v) is 7.94. The van der Waals surface area contributed by atoms with Gasteiger partial charge in [-0.15, -0.1) is 0 Å². The fraction of sp³-hybridized carbons (Fsp3) is 0.107. The molecule has 0 saturated carbocycles. The van der Waals surface area contributed by atoms with Crippen LogP contribution in [0, 0.1) is 13.8 Å².